The Morgan fingerprint density at radius 2 is 0.761 bits per heavy atom. The number of rotatable bonds is 24. The van der Waals surface area contributed by atoms with Crippen LogP contribution in [0.25, 0.3) is 24.3 Å². The summed E-state index contributed by atoms with van der Waals surface area (Å²) < 4.78 is 45.2. The maximum atomic E-state index is 5.77. The number of halogens is 2. The topological polar surface area (TPSA) is 73.8 Å². The number of ether oxygens (including phenoxy) is 8. The molecule has 3 rings (SSSR count). The Morgan fingerprint density at radius 3 is 1.11 bits per heavy atom. The molecule has 0 unspecified atom stereocenters. The normalized spacial score (nSPS) is 11.6. The van der Waals surface area contributed by atoms with Crippen LogP contribution in [-0.4, -0.2) is 93.5 Å². The van der Waals surface area contributed by atoms with Gasteiger partial charge in [-0.15, -0.1) is 0 Å². The van der Waals surface area contributed by atoms with Gasteiger partial charge in [-0.25, -0.2) is 0 Å². The van der Waals surface area contributed by atoms with Crippen LogP contribution < -0.4 is 9.47 Å². The summed E-state index contributed by atoms with van der Waals surface area (Å²) in [5.41, 5.74) is 4.28. The Bertz CT molecular complexity index is 1200. The van der Waals surface area contributed by atoms with E-state index in [-0.39, 0.29) is 0 Å². The van der Waals surface area contributed by atoms with Crippen LogP contribution in [-0.2, 0) is 28.4 Å². The van der Waals surface area contributed by atoms with Crippen LogP contribution >= 0.6 is 31.9 Å². The van der Waals surface area contributed by atoms with Crippen molar-refractivity contribution in [2.24, 2.45) is 0 Å². The zero-order valence-electron chi connectivity index (χ0n) is 26.6. The standard InChI is InChI=1S/C36H44Br2O8/c1-39-15-17-41-19-21-43-23-25-45-33-11-5-29(6-12-33)3-9-31-27-36(38)32(28-35(31)37)10-4-30-7-13-34(14-8-30)46-26-24-44-22-20-42-18-16-40-2/h3-14,27-28H,15-26H2,1-2H3/b9-3+,10-4+. The molecule has 46 heavy (non-hydrogen) atoms. The van der Waals surface area contributed by atoms with Gasteiger partial charge in [-0.2, -0.15) is 0 Å². The van der Waals surface area contributed by atoms with Crippen molar-refractivity contribution in [2.75, 3.05) is 93.5 Å². The predicted molar refractivity (Wildman–Crippen MR) is 191 cm³/mol. The smallest absolute Gasteiger partial charge is 0.119 e. The zero-order chi connectivity index (χ0) is 32.7. The molecule has 0 bridgehead atoms. The Kier molecular flexibility index (Phi) is 19.6. The van der Waals surface area contributed by atoms with Gasteiger partial charge in [0, 0.05) is 23.2 Å². The van der Waals surface area contributed by atoms with Crippen LogP contribution in [0.1, 0.15) is 22.3 Å². The Hall–Kier alpha value is -2.54. The molecule has 0 N–H and O–H groups in total. The van der Waals surface area contributed by atoms with Gasteiger partial charge in [0.25, 0.3) is 0 Å². The summed E-state index contributed by atoms with van der Waals surface area (Å²) in [6.45, 7) is 6.49. The fourth-order valence-electron chi connectivity index (χ4n) is 3.92. The SMILES string of the molecule is COCCOCCOCCOc1ccc(/C=C/c2cc(Br)c(/C=C/c3ccc(OCCOCCOCCOC)cc3)cc2Br)cc1. The lowest BCUT2D eigenvalue weighted by molar-refractivity contribution is 0.0180. The molecule has 0 spiro atoms. The summed E-state index contributed by atoms with van der Waals surface area (Å²) in [6, 6.07) is 20.2. The molecule has 0 aliphatic rings. The summed E-state index contributed by atoms with van der Waals surface area (Å²) in [6.07, 6.45) is 8.32. The molecule has 0 aliphatic carbocycles. The van der Waals surface area contributed by atoms with E-state index in [1.54, 1.807) is 14.2 Å². The lowest BCUT2D eigenvalue weighted by Crippen LogP contribution is -2.12. The number of hydrogen-bond donors (Lipinski definition) is 0. The van der Waals surface area contributed by atoms with Gasteiger partial charge in [-0.1, -0.05) is 80.4 Å². The second-order valence-electron chi connectivity index (χ2n) is 9.83. The van der Waals surface area contributed by atoms with Crippen LogP contribution in [0, 0.1) is 0 Å². The highest BCUT2D eigenvalue weighted by Crippen LogP contribution is 2.29. The Balaban J connectivity index is 1.39. The van der Waals surface area contributed by atoms with Crippen molar-refractivity contribution in [1.82, 2.24) is 0 Å². The summed E-state index contributed by atoms with van der Waals surface area (Å²) in [7, 11) is 3.31. The average Bonchev–Trinajstić information content (AvgIpc) is 3.07. The molecule has 0 aliphatic heterocycles. The molecule has 3 aromatic carbocycles. The second kappa shape index (κ2) is 23.7. The third-order valence-electron chi connectivity index (χ3n) is 6.39. The minimum absolute atomic E-state index is 0.484. The minimum atomic E-state index is 0.484. The lowest BCUT2D eigenvalue weighted by Gasteiger charge is -2.08. The predicted octanol–water partition coefficient (Wildman–Crippen LogP) is 7.67. The van der Waals surface area contributed by atoms with Crippen molar-refractivity contribution >= 4 is 56.2 Å². The largest absolute Gasteiger partial charge is 0.491 e. The van der Waals surface area contributed by atoms with Crippen LogP contribution in [0.2, 0.25) is 0 Å². The number of benzene rings is 3. The van der Waals surface area contributed by atoms with Gasteiger partial charge < -0.3 is 37.9 Å². The Labute approximate surface area is 289 Å². The molecule has 0 saturated heterocycles. The first-order valence-corrected chi connectivity index (χ1v) is 16.8. The quantitative estimate of drug-likeness (QED) is 0.0681. The van der Waals surface area contributed by atoms with E-state index in [1.165, 1.54) is 0 Å². The second-order valence-corrected chi connectivity index (χ2v) is 11.5. The van der Waals surface area contributed by atoms with Crippen LogP contribution in [0.15, 0.2) is 69.6 Å². The first-order valence-electron chi connectivity index (χ1n) is 15.2. The van der Waals surface area contributed by atoms with E-state index >= 15 is 0 Å². The van der Waals surface area contributed by atoms with Crippen molar-refractivity contribution in [3.05, 3.63) is 91.9 Å². The fraction of sp³-hybridized carbons (Fsp3) is 0.389. The maximum Gasteiger partial charge on any atom is 0.119 e. The van der Waals surface area contributed by atoms with Crippen molar-refractivity contribution in [1.29, 1.82) is 0 Å². The zero-order valence-corrected chi connectivity index (χ0v) is 29.8. The summed E-state index contributed by atoms with van der Waals surface area (Å²) in [4.78, 5) is 0. The first kappa shape index (κ1) is 37.9. The van der Waals surface area contributed by atoms with Gasteiger partial charge in [0.15, 0.2) is 0 Å². The Morgan fingerprint density at radius 1 is 0.435 bits per heavy atom. The molecule has 0 atom stereocenters. The van der Waals surface area contributed by atoms with Crippen LogP contribution in [0.5, 0.6) is 11.5 Å². The number of methoxy groups -OCH3 is 2. The summed E-state index contributed by atoms with van der Waals surface area (Å²) in [5.74, 6) is 1.61. The van der Waals surface area contributed by atoms with E-state index in [0.29, 0.717) is 79.3 Å². The molecule has 10 heteroatoms. The van der Waals surface area contributed by atoms with E-state index < -0.39 is 0 Å². The first-order chi connectivity index (χ1) is 22.6. The van der Waals surface area contributed by atoms with E-state index in [4.69, 9.17) is 37.9 Å². The van der Waals surface area contributed by atoms with Crippen molar-refractivity contribution in [2.45, 2.75) is 0 Å². The highest BCUT2D eigenvalue weighted by molar-refractivity contribution is 9.11. The van der Waals surface area contributed by atoms with E-state index in [2.05, 4.69) is 68.3 Å². The molecule has 3 aromatic rings. The molecule has 0 aromatic heterocycles. The van der Waals surface area contributed by atoms with Crippen LogP contribution in [0.4, 0.5) is 0 Å². The average molecular weight is 765 g/mol. The lowest BCUT2D eigenvalue weighted by atomic mass is 10.1. The van der Waals surface area contributed by atoms with Gasteiger partial charge >= 0.3 is 0 Å². The molecular formula is C36H44Br2O8. The van der Waals surface area contributed by atoms with E-state index in [1.807, 2.05) is 48.5 Å². The van der Waals surface area contributed by atoms with E-state index in [0.717, 1.165) is 42.7 Å². The monoisotopic (exact) mass is 762 g/mol. The van der Waals surface area contributed by atoms with Gasteiger partial charge in [-0.3, -0.25) is 0 Å². The molecule has 0 radical (unpaired) electrons. The molecule has 0 fully saturated rings. The van der Waals surface area contributed by atoms with Gasteiger partial charge in [0.1, 0.15) is 24.7 Å². The molecule has 0 saturated carbocycles. The summed E-state index contributed by atoms with van der Waals surface area (Å²) >= 11 is 7.46. The molecular weight excluding hydrogens is 720 g/mol. The van der Waals surface area contributed by atoms with Crippen molar-refractivity contribution in [3.63, 3.8) is 0 Å². The van der Waals surface area contributed by atoms with E-state index in [9.17, 15) is 0 Å². The molecule has 250 valence electrons. The number of hydrogen-bond acceptors (Lipinski definition) is 8. The van der Waals surface area contributed by atoms with Gasteiger partial charge in [0.2, 0.25) is 0 Å². The minimum Gasteiger partial charge on any atom is -0.491 e. The highest BCUT2D eigenvalue weighted by Gasteiger charge is 2.04. The van der Waals surface area contributed by atoms with Crippen LogP contribution in [0.3, 0.4) is 0 Å². The maximum absolute atomic E-state index is 5.77. The third kappa shape index (κ3) is 15.8. The van der Waals surface area contributed by atoms with Gasteiger partial charge in [-0.05, 0) is 58.7 Å². The molecule has 0 amide bonds. The fourth-order valence-corrected chi connectivity index (χ4v) is 4.91. The summed E-state index contributed by atoms with van der Waals surface area (Å²) in [5, 5.41) is 0. The molecule has 0 heterocycles. The van der Waals surface area contributed by atoms with Crippen molar-refractivity contribution < 1.29 is 37.9 Å². The molecule has 8 nitrogen and oxygen atoms in total. The highest BCUT2D eigenvalue weighted by atomic mass is 79.9. The van der Waals surface area contributed by atoms with Gasteiger partial charge in [0.05, 0.1) is 66.1 Å². The third-order valence-corrected chi connectivity index (χ3v) is 7.76. The van der Waals surface area contributed by atoms with Crippen molar-refractivity contribution in [3.8, 4) is 11.5 Å².